The normalized spacial score (nSPS) is 31.2. The number of Topliss-reactive ketones (excluding diaryl/α,β-unsaturated/α-hetero) is 1. The first-order chi connectivity index (χ1) is 15.7. The number of carbonyl (C=O) groups excluding carboxylic acids is 2. The predicted octanol–water partition coefficient (Wildman–Crippen LogP) is 1.54. The van der Waals surface area contributed by atoms with E-state index in [4.69, 9.17) is 14.2 Å². The van der Waals surface area contributed by atoms with Crippen LogP contribution in [0.5, 0.6) is 5.75 Å². The van der Waals surface area contributed by atoms with Gasteiger partial charge in [0, 0.05) is 24.7 Å². The van der Waals surface area contributed by atoms with Gasteiger partial charge in [-0.3, -0.25) is 9.59 Å². The van der Waals surface area contributed by atoms with Crippen molar-refractivity contribution < 1.29 is 39.1 Å². The maximum atomic E-state index is 12.4. The molecule has 1 aromatic carbocycles. The number of methoxy groups -OCH3 is 1. The predicted molar refractivity (Wildman–Crippen MR) is 121 cm³/mol. The summed E-state index contributed by atoms with van der Waals surface area (Å²) in [5.74, 6) is -0.527. The number of ether oxygens (including phenoxy) is 3. The lowest BCUT2D eigenvalue weighted by molar-refractivity contribution is -0.170. The Bertz CT molecular complexity index is 833. The summed E-state index contributed by atoms with van der Waals surface area (Å²) >= 11 is 0. The van der Waals surface area contributed by atoms with Gasteiger partial charge in [0.25, 0.3) is 0 Å². The van der Waals surface area contributed by atoms with Gasteiger partial charge in [0.1, 0.15) is 17.6 Å². The van der Waals surface area contributed by atoms with E-state index in [0.717, 1.165) is 5.56 Å². The molecule has 2 heterocycles. The zero-order chi connectivity index (χ0) is 24.1. The molecule has 8 atom stereocenters. The summed E-state index contributed by atoms with van der Waals surface area (Å²) in [5.41, 5.74) is 0.812. The molecule has 33 heavy (non-hydrogen) atoms. The monoisotopic (exact) mass is 462 g/mol. The Morgan fingerprint density at radius 1 is 1.15 bits per heavy atom. The van der Waals surface area contributed by atoms with Crippen LogP contribution in [-0.4, -0.2) is 77.2 Å². The topological polar surface area (TPSA) is 126 Å². The van der Waals surface area contributed by atoms with Crippen molar-refractivity contribution in [2.45, 2.75) is 69.7 Å². The van der Waals surface area contributed by atoms with Crippen molar-refractivity contribution in [1.29, 1.82) is 0 Å². The van der Waals surface area contributed by atoms with Crippen molar-refractivity contribution in [1.82, 2.24) is 0 Å². The highest BCUT2D eigenvalue weighted by atomic mass is 16.6. The average Bonchev–Trinajstić information content (AvgIpc) is 3.56. The van der Waals surface area contributed by atoms with E-state index < -0.39 is 30.3 Å². The summed E-state index contributed by atoms with van der Waals surface area (Å²) in [5, 5.41) is 30.7. The molecule has 2 aliphatic rings. The third-order valence-electron chi connectivity index (χ3n) is 6.54. The van der Waals surface area contributed by atoms with Gasteiger partial charge in [0.2, 0.25) is 0 Å². The van der Waals surface area contributed by atoms with Crippen molar-refractivity contribution >= 4 is 17.6 Å². The van der Waals surface area contributed by atoms with Crippen LogP contribution in [0.3, 0.4) is 0 Å². The van der Waals surface area contributed by atoms with Crippen LogP contribution < -0.4 is 4.74 Å². The number of allylic oxidation sites excluding steroid dienone is 1. The largest absolute Gasteiger partial charge is 0.497 e. The van der Waals surface area contributed by atoms with Gasteiger partial charge in [-0.25, -0.2) is 0 Å². The number of aliphatic hydroxyl groups excluding tert-OH is 3. The fourth-order valence-corrected chi connectivity index (χ4v) is 4.16. The molecule has 2 fully saturated rings. The number of hydrogen-bond acceptors (Lipinski definition) is 8. The molecule has 0 spiro atoms. The molecule has 2 saturated heterocycles. The van der Waals surface area contributed by atoms with E-state index in [-0.39, 0.29) is 49.1 Å². The number of hydrogen-bond donors (Lipinski definition) is 3. The fourth-order valence-electron chi connectivity index (χ4n) is 4.16. The molecule has 2 aliphatic heterocycles. The number of benzene rings is 1. The van der Waals surface area contributed by atoms with E-state index >= 15 is 0 Å². The second-order valence-corrected chi connectivity index (χ2v) is 9.08. The molecule has 0 aliphatic carbocycles. The molecule has 1 aromatic rings. The van der Waals surface area contributed by atoms with Crippen LogP contribution in [0.4, 0.5) is 0 Å². The lowest BCUT2D eigenvalue weighted by atomic mass is 9.86. The highest BCUT2D eigenvalue weighted by Crippen LogP contribution is 2.37. The molecular weight excluding hydrogens is 428 g/mol. The minimum atomic E-state index is -1.14. The lowest BCUT2D eigenvalue weighted by Crippen LogP contribution is -2.51. The van der Waals surface area contributed by atoms with Crippen LogP contribution >= 0.6 is 0 Å². The summed E-state index contributed by atoms with van der Waals surface area (Å²) in [7, 11) is 1.57. The molecule has 8 nitrogen and oxygen atoms in total. The van der Waals surface area contributed by atoms with Crippen molar-refractivity contribution in [3.63, 3.8) is 0 Å². The molecule has 0 bridgehead atoms. The van der Waals surface area contributed by atoms with Gasteiger partial charge >= 0.3 is 0 Å². The highest BCUT2D eigenvalue weighted by Gasteiger charge is 2.48. The third-order valence-corrected chi connectivity index (χ3v) is 6.54. The molecule has 0 unspecified atom stereocenters. The number of rotatable bonds is 11. The van der Waals surface area contributed by atoms with Gasteiger partial charge in [-0.2, -0.15) is 0 Å². The lowest BCUT2D eigenvalue weighted by Gasteiger charge is -2.37. The molecule has 0 amide bonds. The molecule has 0 aromatic heterocycles. The molecule has 3 rings (SSSR count). The molecule has 0 radical (unpaired) electrons. The van der Waals surface area contributed by atoms with E-state index in [0.29, 0.717) is 12.2 Å². The van der Waals surface area contributed by atoms with Crippen LogP contribution in [0.25, 0.3) is 6.08 Å². The minimum absolute atomic E-state index is 0.0256. The molecule has 3 N–H and O–H groups in total. The van der Waals surface area contributed by atoms with Gasteiger partial charge in [-0.15, -0.1) is 0 Å². The molecular formula is C25H34O8. The third kappa shape index (κ3) is 6.94. The Labute approximate surface area is 194 Å². The van der Waals surface area contributed by atoms with Crippen LogP contribution in [0.15, 0.2) is 30.3 Å². The second-order valence-electron chi connectivity index (χ2n) is 9.08. The van der Waals surface area contributed by atoms with Crippen molar-refractivity contribution in [2.24, 2.45) is 11.8 Å². The summed E-state index contributed by atoms with van der Waals surface area (Å²) < 4.78 is 16.4. The Morgan fingerprint density at radius 2 is 1.85 bits per heavy atom. The average molecular weight is 463 g/mol. The van der Waals surface area contributed by atoms with Gasteiger partial charge < -0.3 is 29.5 Å². The zero-order valence-electron chi connectivity index (χ0n) is 19.3. The number of aliphatic hydroxyl groups is 3. The SMILES string of the molecule is COc1ccc(C=CC(=O)CC(=O)C[C@H]2CO[C@@H](C[C@@H]3O[C@H]3[C@@H](C)[C@H](C)O)[C@H](O)[C@@H]2O)cc1. The second kappa shape index (κ2) is 11.4. The van der Waals surface area contributed by atoms with Gasteiger partial charge in [-0.05, 0) is 30.7 Å². The number of ketones is 2. The van der Waals surface area contributed by atoms with E-state index in [1.165, 1.54) is 6.08 Å². The van der Waals surface area contributed by atoms with E-state index in [9.17, 15) is 24.9 Å². The number of carbonyl (C=O) groups is 2. The molecule has 8 heteroatoms. The first-order valence-corrected chi connectivity index (χ1v) is 11.4. The Hall–Kier alpha value is -2.10. The number of epoxide rings is 1. The summed E-state index contributed by atoms with van der Waals surface area (Å²) in [6, 6.07) is 7.17. The van der Waals surface area contributed by atoms with E-state index in [1.54, 1.807) is 44.4 Å². The highest BCUT2D eigenvalue weighted by molar-refractivity contribution is 6.06. The summed E-state index contributed by atoms with van der Waals surface area (Å²) in [6.07, 6.45) is -0.495. The van der Waals surface area contributed by atoms with Crippen molar-refractivity contribution in [2.75, 3.05) is 13.7 Å². The Balaban J connectivity index is 1.43. The van der Waals surface area contributed by atoms with Gasteiger partial charge in [0.15, 0.2) is 5.78 Å². The fraction of sp³-hybridized carbons (Fsp3) is 0.600. The van der Waals surface area contributed by atoms with Crippen molar-refractivity contribution in [3.05, 3.63) is 35.9 Å². The van der Waals surface area contributed by atoms with E-state index in [2.05, 4.69) is 0 Å². The molecule has 182 valence electrons. The van der Waals surface area contributed by atoms with Crippen LogP contribution in [-0.2, 0) is 19.1 Å². The molecule has 0 saturated carbocycles. The standard InChI is InChI=1S/C25H34O8/c1-14(15(2)26)25-22(33-25)12-21-24(30)23(29)17(13-32-21)10-19(28)11-18(27)7-4-16-5-8-20(31-3)9-6-16/h4-9,14-15,17,21-26,29-30H,10-13H2,1-3H3/t14-,15-,17-,21-,22-,23+,24-,25-/m0/s1. The van der Waals surface area contributed by atoms with Crippen LogP contribution in [0.1, 0.15) is 38.7 Å². The summed E-state index contributed by atoms with van der Waals surface area (Å²) in [6.45, 7) is 3.73. The first-order valence-electron chi connectivity index (χ1n) is 11.4. The van der Waals surface area contributed by atoms with Crippen LogP contribution in [0.2, 0.25) is 0 Å². The smallest absolute Gasteiger partial charge is 0.163 e. The maximum Gasteiger partial charge on any atom is 0.163 e. The Kier molecular flexibility index (Phi) is 8.78. The van der Waals surface area contributed by atoms with Gasteiger partial charge in [0.05, 0.1) is 50.7 Å². The quantitative estimate of drug-likeness (QED) is 0.257. The van der Waals surface area contributed by atoms with Gasteiger partial charge in [-0.1, -0.05) is 25.1 Å². The minimum Gasteiger partial charge on any atom is -0.497 e. The maximum absolute atomic E-state index is 12.4. The van der Waals surface area contributed by atoms with E-state index in [1.807, 2.05) is 6.92 Å². The first kappa shape index (κ1) is 25.5. The van der Waals surface area contributed by atoms with Crippen molar-refractivity contribution in [3.8, 4) is 5.75 Å². The van der Waals surface area contributed by atoms with Crippen LogP contribution in [0, 0.1) is 11.8 Å². The zero-order valence-corrected chi connectivity index (χ0v) is 19.3. The Morgan fingerprint density at radius 3 is 2.48 bits per heavy atom. The summed E-state index contributed by atoms with van der Waals surface area (Å²) in [4.78, 5) is 24.5.